The molecule has 0 amide bonds. The summed E-state index contributed by atoms with van der Waals surface area (Å²) >= 11 is 0. The lowest BCUT2D eigenvalue weighted by Gasteiger charge is -2.62. The molecule has 32 heavy (non-hydrogen) atoms. The summed E-state index contributed by atoms with van der Waals surface area (Å²) in [5.74, 6) is -1.05. The average molecular weight is 449 g/mol. The van der Waals surface area contributed by atoms with Gasteiger partial charge in [-0.2, -0.15) is 0 Å². The fourth-order valence-corrected chi connectivity index (χ4v) is 9.28. The third-order valence-corrected chi connectivity index (χ3v) is 11.0. The van der Waals surface area contributed by atoms with Crippen molar-refractivity contribution < 1.29 is 29.7 Å². The van der Waals surface area contributed by atoms with E-state index >= 15 is 0 Å². The van der Waals surface area contributed by atoms with Crippen molar-refractivity contribution in [1.29, 1.82) is 0 Å². The molecule has 0 aromatic carbocycles. The largest absolute Gasteiger partial charge is 0.481 e. The first-order valence-corrected chi connectivity index (χ1v) is 12.7. The number of carboxylic acids is 3. The molecule has 6 nitrogen and oxygen atoms in total. The van der Waals surface area contributed by atoms with E-state index in [4.69, 9.17) is 5.11 Å². The summed E-state index contributed by atoms with van der Waals surface area (Å²) in [6, 6.07) is 0. The highest BCUT2D eigenvalue weighted by Gasteiger charge is 2.64. The maximum atomic E-state index is 12.5. The van der Waals surface area contributed by atoms with E-state index in [-0.39, 0.29) is 40.9 Å². The standard InChI is InChI=1S/C26H40O6/c1-14(4-7-21(27)28)18-5-6-19-22-17(24(31)32)13-16-12-15(23(29)30)8-10-25(16,2)20(22)9-11-26(18,19)3/h14-20,22H,4-13H2,1-3H3,(H,27,28)(H,29,30)(H,31,32)/t14-,15+,16-,17?,18+,19?,20?,22?,25-,26+/m0/s1. The topological polar surface area (TPSA) is 112 Å². The Morgan fingerprint density at radius 1 is 0.875 bits per heavy atom. The Balaban J connectivity index is 1.61. The molecule has 4 aliphatic rings. The lowest BCUT2D eigenvalue weighted by Crippen LogP contribution is -2.58. The lowest BCUT2D eigenvalue weighted by molar-refractivity contribution is -0.176. The van der Waals surface area contributed by atoms with Crippen molar-refractivity contribution in [2.45, 2.75) is 85.0 Å². The predicted octanol–water partition coefficient (Wildman–Crippen LogP) is 5.16. The zero-order valence-electron chi connectivity index (χ0n) is 19.8. The van der Waals surface area contributed by atoms with Crippen molar-refractivity contribution in [3.63, 3.8) is 0 Å². The average Bonchev–Trinajstić information content (AvgIpc) is 3.07. The van der Waals surface area contributed by atoms with E-state index < -0.39 is 17.9 Å². The summed E-state index contributed by atoms with van der Waals surface area (Å²) in [5.41, 5.74) is 0.116. The molecule has 0 aromatic rings. The van der Waals surface area contributed by atoms with Gasteiger partial charge in [0, 0.05) is 6.42 Å². The molecule has 6 heteroatoms. The van der Waals surface area contributed by atoms with Gasteiger partial charge in [0.2, 0.25) is 0 Å². The Hall–Kier alpha value is -1.59. The molecule has 0 radical (unpaired) electrons. The molecular formula is C26H40O6. The highest BCUT2D eigenvalue weighted by molar-refractivity contribution is 5.72. The van der Waals surface area contributed by atoms with Crippen molar-refractivity contribution in [3.8, 4) is 0 Å². The van der Waals surface area contributed by atoms with E-state index in [9.17, 15) is 24.6 Å². The van der Waals surface area contributed by atoms with E-state index in [0.717, 1.165) is 32.1 Å². The number of hydrogen-bond donors (Lipinski definition) is 3. The zero-order chi connectivity index (χ0) is 23.4. The van der Waals surface area contributed by atoms with Gasteiger partial charge in [0.15, 0.2) is 0 Å². The first kappa shape index (κ1) is 23.6. The van der Waals surface area contributed by atoms with Crippen LogP contribution in [0.2, 0.25) is 0 Å². The van der Waals surface area contributed by atoms with Crippen LogP contribution in [0.25, 0.3) is 0 Å². The Morgan fingerprint density at radius 3 is 2.16 bits per heavy atom. The van der Waals surface area contributed by atoms with E-state index in [0.29, 0.717) is 49.4 Å². The molecular weight excluding hydrogens is 408 g/mol. The molecule has 180 valence electrons. The normalized spacial score (nSPS) is 46.4. The van der Waals surface area contributed by atoms with Crippen molar-refractivity contribution >= 4 is 17.9 Å². The van der Waals surface area contributed by atoms with Gasteiger partial charge in [-0.05, 0) is 104 Å². The van der Waals surface area contributed by atoms with E-state index in [1.54, 1.807) is 0 Å². The molecule has 4 unspecified atom stereocenters. The van der Waals surface area contributed by atoms with Gasteiger partial charge in [-0.25, -0.2) is 0 Å². The summed E-state index contributed by atoms with van der Waals surface area (Å²) < 4.78 is 0. The second kappa shape index (κ2) is 8.32. The van der Waals surface area contributed by atoms with Crippen LogP contribution in [0.3, 0.4) is 0 Å². The highest BCUT2D eigenvalue weighted by atomic mass is 16.4. The second-order valence-corrected chi connectivity index (χ2v) is 12.1. The molecule has 3 N–H and O–H groups in total. The summed E-state index contributed by atoms with van der Waals surface area (Å²) in [7, 11) is 0. The monoisotopic (exact) mass is 448 g/mol. The van der Waals surface area contributed by atoms with Gasteiger partial charge in [0.1, 0.15) is 0 Å². The lowest BCUT2D eigenvalue weighted by atomic mass is 9.41. The number of fused-ring (bicyclic) bond motifs is 5. The van der Waals surface area contributed by atoms with Crippen LogP contribution in [0.4, 0.5) is 0 Å². The number of carbonyl (C=O) groups is 3. The maximum Gasteiger partial charge on any atom is 0.306 e. The van der Waals surface area contributed by atoms with Gasteiger partial charge < -0.3 is 15.3 Å². The van der Waals surface area contributed by atoms with Crippen molar-refractivity contribution in [3.05, 3.63) is 0 Å². The Morgan fingerprint density at radius 2 is 1.53 bits per heavy atom. The summed E-state index contributed by atoms with van der Waals surface area (Å²) in [4.78, 5) is 35.3. The van der Waals surface area contributed by atoms with Gasteiger partial charge in [-0.1, -0.05) is 20.8 Å². The fraction of sp³-hybridized carbons (Fsp3) is 0.885. The van der Waals surface area contributed by atoms with Crippen LogP contribution in [0, 0.1) is 58.2 Å². The third kappa shape index (κ3) is 3.66. The third-order valence-electron chi connectivity index (χ3n) is 11.0. The Bertz CT molecular complexity index is 778. The minimum Gasteiger partial charge on any atom is -0.481 e. The van der Waals surface area contributed by atoms with Crippen molar-refractivity contribution in [2.75, 3.05) is 0 Å². The van der Waals surface area contributed by atoms with Gasteiger partial charge in [-0.3, -0.25) is 14.4 Å². The van der Waals surface area contributed by atoms with Crippen LogP contribution in [-0.4, -0.2) is 33.2 Å². The summed E-state index contributed by atoms with van der Waals surface area (Å²) in [6.45, 7) is 6.88. The van der Waals surface area contributed by atoms with E-state index in [2.05, 4.69) is 20.8 Å². The molecule has 10 atom stereocenters. The van der Waals surface area contributed by atoms with Gasteiger partial charge >= 0.3 is 17.9 Å². The number of hydrogen-bond acceptors (Lipinski definition) is 3. The van der Waals surface area contributed by atoms with Crippen LogP contribution in [0.15, 0.2) is 0 Å². The van der Waals surface area contributed by atoms with Gasteiger partial charge in [-0.15, -0.1) is 0 Å². The summed E-state index contributed by atoms with van der Waals surface area (Å²) in [5, 5.41) is 29.0. The fourth-order valence-electron chi connectivity index (χ4n) is 9.28. The molecule has 4 aliphatic carbocycles. The molecule has 0 heterocycles. The predicted molar refractivity (Wildman–Crippen MR) is 119 cm³/mol. The van der Waals surface area contributed by atoms with Crippen LogP contribution in [0.5, 0.6) is 0 Å². The maximum absolute atomic E-state index is 12.5. The van der Waals surface area contributed by atoms with Crippen molar-refractivity contribution in [2.24, 2.45) is 58.2 Å². The Labute approximate surface area is 191 Å². The van der Waals surface area contributed by atoms with E-state index in [1.165, 1.54) is 0 Å². The van der Waals surface area contributed by atoms with Crippen LogP contribution in [0.1, 0.15) is 85.0 Å². The first-order valence-electron chi connectivity index (χ1n) is 12.7. The molecule has 0 bridgehead atoms. The molecule has 4 saturated carbocycles. The van der Waals surface area contributed by atoms with Crippen LogP contribution >= 0.6 is 0 Å². The molecule has 0 aromatic heterocycles. The highest BCUT2D eigenvalue weighted by Crippen LogP contribution is 2.69. The quantitative estimate of drug-likeness (QED) is 0.517. The summed E-state index contributed by atoms with van der Waals surface area (Å²) in [6.07, 6.45) is 7.94. The van der Waals surface area contributed by atoms with Crippen molar-refractivity contribution in [1.82, 2.24) is 0 Å². The van der Waals surface area contributed by atoms with E-state index in [1.807, 2.05) is 0 Å². The number of aliphatic carboxylic acids is 3. The molecule has 0 aliphatic heterocycles. The number of carboxylic acid groups (broad SMARTS) is 3. The first-order chi connectivity index (χ1) is 15.0. The molecule has 0 spiro atoms. The molecule has 4 fully saturated rings. The second-order valence-electron chi connectivity index (χ2n) is 12.1. The Kier molecular flexibility index (Phi) is 6.13. The minimum absolute atomic E-state index is 0.0386. The molecule has 0 saturated heterocycles. The van der Waals surface area contributed by atoms with Gasteiger partial charge in [0.25, 0.3) is 0 Å². The van der Waals surface area contributed by atoms with Crippen LogP contribution < -0.4 is 0 Å². The smallest absolute Gasteiger partial charge is 0.306 e. The van der Waals surface area contributed by atoms with Gasteiger partial charge in [0.05, 0.1) is 11.8 Å². The molecule has 4 rings (SSSR count). The number of rotatable bonds is 6. The minimum atomic E-state index is -0.741. The SMILES string of the molecule is C[C@@H](CCC(=O)O)[C@H]1CCC2C3C(C(=O)O)C[C@@H]4C[C@H](C(=O)O)CC[C@]4(C)C3CC[C@@]21C. The zero-order valence-corrected chi connectivity index (χ0v) is 19.8. The van der Waals surface area contributed by atoms with Crippen LogP contribution in [-0.2, 0) is 14.4 Å².